The molecule has 0 spiro atoms. The minimum atomic E-state index is -2.82. The summed E-state index contributed by atoms with van der Waals surface area (Å²) in [5, 5.41) is 3.69. The number of rotatable bonds is 5. The first-order valence-corrected chi connectivity index (χ1v) is 6.08. The number of hydrogen-bond acceptors (Lipinski definition) is 3. The zero-order valence-corrected chi connectivity index (χ0v) is 12.0. The zero-order chi connectivity index (χ0) is 13.1. The van der Waals surface area contributed by atoms with Crippen molar-refractivity contribution in [1.82, 2.24) is 10.2 Å². The number of benzene rings is 1. The summed E-state index contributed by atoms with van der Waals surface area (Å²) in [5.74, 6) is 0.188. The number of halogens is 4. The minimum absolute atomic E-state index is 0. The molecule has 0 atom stereocenters. The van der Waals surface area contributed by atoms with Crippen molar-refractivity contribution in [1.29, 1.82) is 0 Å². The largest absolute Gasteiger partial charge is 0.434 e. The van der Waals surface area contributed by atoms with Gasteiger partial charge >= 0.3 is 6.61 Å². The highest BCUT2D eigenvalue weighted by molar-refractivity contribution is 6.30. The van der Waals surface area contributed by atoms with Crippen molar-refractivity contribution in [2.75, 3.05) is 20.1 Å². The maximum Gasteiger partial charge on any atom is 0.387 e. The van der Waals surface area contributed by atoms with Crippen molar-refractivity contribution in [3.63, 3.8) is 0 Å². The van der Waals surface area contributed by atoms with Crippen LogP contribution >= 0.6 is 24.0 Å². The fraction of sp³-hybridized carbons (Fsp3) is 0.500. The van der Waals surface area contributed by atoms with Gasteiger partial charge in [0.1, 0.15) is 5.75 Å². The minimum Gasteiger partial charge on any atom is -0.434 e. The quantitative estimate of drug-likeness (QED) is 0.905. The van der Waals surface area contributed by atoms with Gasteiger partial charge in [-0.2, -0.15) is 8.78 Å². The SMILES string of the molecule is CN(Cc1cc(Cl)ccc1OC(F)F)C1CNC1.Cl. The molecule has 1 N–H and O–H groups in total. The Bertz CT molecular complexity index is 417. The summed E-state index contributed by atoms with van der Waals surface area (Å²) < 4.78 is 29.1. The van der Waals surface area contributed by atoms with Gasteiger partial charge in [0.15, 0.2) is 0 Å². The number of nitrogens with zero attached hydrogens (tertiary/aromatic N) is 1. The Hall–Kier alpha value is -0.620. The number of hydrogen-bond donors (Lipinski definition) is 1. The third kappa shape index (κ3) is 4.45. The molecule has 0 bridgehead atoms. The lowest BCUT2D eigenvalue weighted by molar-refractivity contribution is -0.0508. The molecule has 0 aliphatic carbocycles. The molecule has 1 saturated heterocycles. The summed E-state index contributed by atoms with van der Waals surface area (Å²) in [7, 11) is 1.96. The molecule has 0 aromatic heterocycles. The molecule has 1 aromatic rings. The van der Waals surface area contributed by atoms with Crippen LogP contribution in [0.15, 0.2) is 18.2 Å². The molecule has 108 valence electrons. The smallest absolute Gasteiger partial charge is 0.387 e. The van der Waals surface area contributed by atoms with E-state index in [0.717, 1.165) is 13.1 Å². The third-order valence-corrected chi connectivity index (χ3v) is 3.28. The summed E-state index contributed by atoms with van der Waals surface area (Å²) >= 11 is 5.89. The van der Waals surface area contributed by atoms with Crippen LogP contribution in [0.3, 0.4) is 0 Å². The van der Waals surface area contributed by atoms with Gasteiger partial charge in [0.25, 0.3) is 0 Å². The van der Waals surface area contributed by atoms with E-state index in [-0.39, 0.29) is 18.2 Å². The van der Waals surface area contributed by atoms with Crippen LogP contribution in [0.1, 0.15) is 5.56 Å². The molecule has 0 amide bonds. The van der Waals surface area contributed by atoms with Crippen LogP contribution in [0, 0.1) is 0 Å². The molecular weight excluding hydrogens is 297 g/mol. The second-order valence-electron chi connectivity index (χ2n) is 4.36. The summed E-state index contributed by atoms with van der Waals surface area (Å²) in [5.41, 5.74) is 0.678. The lowest BCUT2D eigenvalue weighted by Crippen LogP contribution is -2.55. The maximum atomic E-state index is 12.3. The lowest BCUT2D eigenvalue weighted by atomic mass is 10.1. The first-order valence-electron chi connectivity index (χ1n) is 5.70. The van der Waals surface area contributed by atoms with Gasteiger partial charge in [0.2, 0.25) is 0 Å². The Morgan fingerprint density at radius 1 is 1.47 bits per heavy atom. The van der Waals surface area contributed by atoms with E-state index < -0.39 is 6.61 Å². The average Bonchev–Trinajstić information content (AvgIpc) is 2.18. The van der Waals surface area contributed by atoms with Crippen molar-refractivity contribution >= 4 is 24.0 Å². The fourth-order valence-corrected chi connectivity index (χ4v) is 2.06. The van der Waals surface area contributed by atoms with Gasteiger partial charge in [-0.25, -0.2) is 0 Å². The molecular formula is C12H16Cl2F2N2O. The molecule has 1 aromatic carbocycles. The Kier molecular flexibility index (Phi) is 6.26. The predicted octanol–water partition coefficient (Wildman–Crippen LogP) is 2.77. The van der Waals surface area contributed by atoms with E-state index in [9.17, 15) is 8.78 Å². The van der Waals surface area contributed by atoms with Crippen LogP contribution in [0.25, 0.3) is 0 Å². The van der Waals surface area contributed by atoms with E-state index >= 15 is 0 Å². The van der Waals surface area contributed by atoms with Crippen LogP contribution in [0.2, 0.25) is 5.02 Å². The third-order valence-electron chi connectivity index (χ3n) is 3.04. The van der Waals surface area contributed by atoms with Gasteiger partial charge < -0.3 is 10.1 Å². The Morgan fingerprint density at radius 2 is 2.16 bits per heavy atom. The van der Waals surface area contributed by atoms with Gasteiger partial charge in [-0.3, -0.25) is 4.90 Å². The van der Waals surface area contributed by atoms with Crippen LogP contribution in [0.4, 0.5) is 8.78 Å². The van der Waals surface area contributed by atoms with Crippen molar-refractivity contribution in [3.8, 4) is 5.75 Å². The first kappa shape index (κ1) is 16.4. The standard InChI is InChI=1S/C12H15ClF2N2O.ClH/c1-17(10-5-16-6-10)7-8-4-9(13)2-3-11(8)18-12(14)15;/h2-4,10,12,16H,5-7H2,1H3;1H. The molecule has 1 aliphatic heterocycles. The lowest BCUT2D eigenvalue weighted by Gasteiger charge is -2.35. The summed E-state index contributed by atoms with van der Waals surface area (Å²) in [6.45, 7) is -0.445. The summed E-state index contributed by atoms with van der Waals surface area (Å²) in [4.78, 5) is 2.10. The van der Waals surface area contributed by atoms with Crippen LogP contribution in [-0.2, 0) is 6.54 Å². The van der Waals surface area contributed by atoms with Gasteiger partial charge in [0.05, 0.1) is 0 Å². The van der Waals surface area contributed by atoms with E-state index in [2.05, 4.69) is 15.0 Å². The van der Waals surface area contributed by atoms with Crippen molar-refractivity contribution < 1.29 is 13.5 Å². The molecule has 3 nitrogen and oxygen atoms in total. The molecule has 0 saturated carbocycles. The fourth-order valence-electron chi connectivity index (χ4n) is 1.87. The van der Waals surface area contributed by atoms with E-state index in [1.54, 1.807) is 12.1 Å². The highest BCUT2D eigenvalue weighted by Crippen LogP contribution is 2.26. The van der Waals surface area contributed by atoms with Gasteiger partial charge in [-0.1, -0.05) is 11.6 Å². The van der Waals surface area contributed by atoms with Crippen LogP contribution < -0.4 is 10.1 Å². The average molecular weight is 313 g/mol. The van der Waals surface area contributed by atoms with E-state index in [4.69, 9.17) is 11.6 Å². The topological polar surface area (TPSA) is 24.5 Å². The molecule has 2 rings (SSSR count). The second kappa shape index (κ2) is 7.24. The Labute approximate surface area is 122 Å². The number of ether oxygens (including phenoxy) is 1. The summed E-state index contributed by atoms with van der Waals surface area (Å²) in [6.07, 6.45) is 0. The number of likely N-dealkylation sites (N-methyl/N-ethyl adjacent to an activating group) is 1. The number of nitrogens with one attached hydrogen (secondary N) is 1. The molecule has 0 radical (unpaired) electrons. The molecule has 1 aliphatic rings. The summed E-state index contributed by atoms with van der Waals surface area (Å²) in [6, 6.07) is 5.13. The van der Waals surface area contributed by atoms with E-state index in [1.165, 1.54) is 6.07 Å². The number of alkyl halides is 2. The highest BCUT2D eigenvalue weighted by atomic mass is 35.5. The van der Waals surface area contributed by atoms with Crippen LogP contribution in [-0.4, -0.2) is 37.7 Å². The molecule has 7 heteroatoms. The molecule has 0 unspecified atom stereocenters. The predicted molar refractivity (Wildman–Crippen MR) is 73.5 cm³/mol. The van der Waals surface area contributed by atoms with Gasteiger partial charge in [-0.15, -0.1) is 12.4 Å². The molecule has 1 heterocycles. The maximum absolute atomic E-state index is 12.3. The molecule has 19 heavy (non-hydrogen) atoms. The van der Waals surface area contributed by atoms with E-state index in [1.807, 2.05) is 7.05 Å². The van der Waals surface area contributed by atoms with Gasteiger partial charge in [-0.05, 0) is 25.2 Å². The monoisotopic (exact) mass is 312 g/mol. The van der Waals surface area contributed by atoms with Crippen molar-refractivity contribution in [3.05, 3.63) is 28.8 Å². The Morgan fingerprint density at radius 3 is 2.68 bits per heavy atom. The van der Waals surface area contributed by atoms with Crippen molar-refractivity contribution in [2.24, 2.45) is 0 Å². The highest BCUT2D eigenvalue weighted by Gasteiger charge is 2.22. The van der Waals surface area contributed by atoms with Crippen molar-refractivity contribution in [2.45, 2.75) is 19.2 Å². The first-order chi connectivity index (χ1) is 8.56. The molecule has 1 fully saturated rings. The van der Waals surface area contributed by atoms with E-state index in [0.29, 0.717) is 23.2 Å². The van der Waals surface area contributed by atoms with Crippen LogP contribution in [0.5, 0.6) is 5.75 Å². The second-order valence-corrected chi connectivity index (χ2v) is 4.79. The normalized spacial score (nSPS) is 15.3. The van der Waals surface area contributed by atoms with Gasteiger partial charge in [0, 0.05) is 36.3 Å². The zero-order valence-electron chi connectivity index (χ0n) is 10.4. The Balaban J connectivity index is 0.00000180.